The van der Waals surface area contributed by atoms with Crippen molar-refractivity contribution in [3.63, 3.8) is 0 Å². The highest BCUT2D eigenvalue weighted by Crippen LogP contribution is 2.35. The van der Waals surface area contributed by atoms with E-state index < -0.39 is 5.97 Å². The van der Waals surface area contributed by atoms with Crippen LogP contribution in [0.15, 0.2) is 0 Å². The van der Waals surface area contributed by atoms with Crippen molar-refractivity contribution in [1.29, 1.82) is 0 Å². The van der Waals surface area contributed by atoms with Crippen LogP contribution in [0.3, 0.4) is 0 Å². The molecule has 0 aromatic carbocycles. The van der Waals surface area contributed by atoms with Gasteiger partial charge in [0.2, 0.25) is 0 Å². The van der Waals surface area contributed by atoms with E-state index in [4.69, 9.17) is 10.8 Å². The van der Waals surface area contributed by atoms with Crippen LogP contribution >= 0.6 is 0 Å². The van der Waals surface area contributed by atoms with Gasteiger partial charge in [-0.05, 0) is 12.3 Å². The first-order valence-corrected chi connectivity index (χ1v) is 3.67. The zero-order valence-corrected chi connectivity index (χ0v) is 5.92. The lowest BCUT2D eigenvalue weighted by molar-refractivity contribution is -0.141. The van der Waals surface area contributed by atoms with Gasteiger partial charge in [0, 0.05) is 6.54 Å². The van der Waals surface area contributed by atoms with Crippen molar-refractivity contribution in [1.82, 2.24) is 0 Å². The average molecular weight is 143 g/mol. The Morgan fingerprint density at radius 3 is 2.60 bits per heavy atom. The number of rotatable bonds is 4. The summed E-state index contributed by atoms with van der Waals surface area (Å²) in [6.07, 6.45) is 3.18. The number of hydrogen-bond donors (Lipinski definition) is 2. The minimum atomic E-state index is -0.741. The molecule has 58 valence electrons. The molecule has 0 aliphatic heterocycles. The zero-order valence-electron chi connectivity index (χ0n) is 5.92. The van der Waals surface area contributed by atoms with Gasteiger partial charge in [0.25, 0.3) is 0 Å². The molecule has 1 aliphatic carbocycles. The van der Waals surface area contributed by atoms with Gasteiger partial charge in [-0.25, -0.2) is 0 Å². The van der Waals surface area contributed by atoms with Gasteiger partial charge < -0.3 is 10.8 Å². The van der Waals surface area contributed by atoms with E-state index in [2.05, 4.69) is 0 Å². The smallest absolute Gasteiger partial charge is 0.307 e. The van der Waals surface area contributed by atoms with E-state index in [1.807, 2.05) is 0 Å². The molecule has 3 heteroatoms. The van der Waals surface area contributed by atoms with Gasteiger partial charge in [-0.1, -0.05) is 12.8 Å². The summed E-state index contributed by atoms with van der Waals surface area (Å²) in [5, 5.41) is 8.57. The molecule has 3 N–H and O–H groups in total. The Balaban J connectivity index is 2.24. The van der Waals surface area contributed by atoms with E-state index in [0.717, 1.165) is 6.42 Å². The first-order chi connectivity index (χ1) is 4.74. The maximum Gasteiger partial charge on any atom is 0.307 e. The van der Waals surface area contributed by atoms with Gasteiger partial charge in [-0.2, -0.15) is 0 Å². The van der Waals surface area contributed by atoms with Crippen LogP contribution in [0.2, 0.25) is 0 Å². The van der Waals surface area contributed by atoms with E-state index in [1.54, 1.807) is 0 Å². The highest BCUT2D eigenvalue weighted by Gasteiger charge is 2.27. The van der Waals surface area contributed by atoms with Gasteiger partial charge >= 0.3 is 5.97 Å². The fourth-order valence-electron chi connectivity index (χ4n) is 1.05. The number of carboxylic acid groups (broad SMARTS) is 1. The normalized spacial score (nSPS) is 20.5. The Hall–Kier alpha value is -0.570. The molecular weight excluding hydrogens is 130 g/mol. The lowest BCUT2D eigenvalue weighted by Gasteiger charge is -2.06. The van der Waals surface area contributed by atoms with Crippen molar-refractivity contribution in [2.75, 3.05) is 6.54 Å². The maximum atomic E-state index is 10.4. The van der Waals surface area contributed by atoms with Crippen LogP contribution < -0.4 is 5.73 Å². The fraction of sp³-hybridized carbons (Fsp3) is 0.857. The molecule has 0 bridgehead atoms. The number of aliphatic carboxylic acids is 1. The fourth-order valence-corrected chi connectivity index (χ4v) is 1.05. The van der Waals surface area contributed by atoms with Crippen molar-refractivity contribution in [2.45, 2.75) is 19.3 Å². The largest absolute Gasteiger partial charge is 0.481 e. The predicted octanol–water partition coefficient (Wildman–Crippen LogP) is 0.446. The standard InChI is InChI=1S/C7H13NO2/c8-4-6(7(9)10)3-5-1-2-5/h5-6H,1-4,8H2,(H,9,10)/t6-/m1/s1. The Kier molecular flexibility index (Phi) is 2.27. The quantitative estimate of drug-likeness (QED) is 0.600. The van der Waals surface area contributed by atoms with Gasteiger partial charge in [-0.15, -0.1) is 0 Å². The summed E-state index contributed by atoms with van der Waals surface area (Å²) in [5.74, 6) is -0.383. The molecule has 1 saturated carbocycles. The Morgan fingerprint density at radius 2 is 2.30 bits per heavy atom. The molecule has 1 aliphatic rings. The molecule has 1 rings (SSSR count). The monoisotopic (exact) mass is 143 g/mol. The average Bonchev–Trinajstić information content (AvgIpc) is 2.64. The van der Waals surface area contributed by atoms with Crippen molar-refractivity contribution in [2.24, 2.45) is 17.6 Å². The van der Waals surface area contributed by atoms with E-state index in [9.17, 15) is 4.79 Å². The van der Waals surface area contributed by atoms with Gasteiger partial charge in [0.15, 0.2) is 0 Å². The van der Waals surface area contributed by atoms with Gasteiger partial charge in [0.05, 0.1) is 5.92 Å². The van der Waals surface area contributed by atoms with Crippen LogP contribution in [-0.2, 0) is 4.79 Å². The van der Waals surface area contributed by atoms with Crippen LogP contribution in [0, 0.1) is 11.8 Å². The first kappa shape index (κ1) is 7.54. The molecule has 0 aromatic heterocycles. The molecular formula is C7H13NO2. The number of nitrogens with two attached hydrogens (primary N) is 1. The second-order valence-corrected chi connectivity index (χ2v) is 2.95. The van der Waals surface area contributed by atoms with E-state index in [0.29, 0.717) is 5.92 Å². The Morgan fingerprint density at radius 1 is 1.70 bits per heavy atom. The van der Waals surface area contributed by atoms with E-state index in [-0.39, 0.29) is 12.5 Å². The highest BCUT2D eigenvalue weighted by atomic mass is 16.4. The van der Waals surface area contributed by atoms with E-state index >= 15 is 0 Å². The highest BCUT2D eigenvalue weighted by molar-refractivity contribution is 5.70. The van der Waals surface area contributed by atoms with Crippen LogP contribution in [0.25, 0.3) is 0 Å². The molecule has 1 fully saturated rings. The number of hydrogen-bond acceptors (Lipinski definition) is 2. The molecule has 0 aromatic rings. The SMILES string of the molecule is NC[C@@H](CC1CC1)C(=O)O. The molecule has 0 heterocycles. The Bertz CT molecular complexity index is 132. The molecule has 0 radical (unpaired) electrons. The third-order valence-electron chi connectivity index (χ3n) is 1.95. The number of carboxylic acids is 1. The molecule has 0 spiro atoms. The molecule has 3 nitrogen and oxygen atoms in total. The van der Waals surface area contributed by atoms with Crippen LogP contribution in [0.1, 0.15) is 19.3 Å². The summed E-state index contributed by atoms with van der Waals surface area (Å²) in [7, 11) is 0. The van der Waals surface area contributed by atoms with Gasteiger partial charge in [0.1, 0.15) is 0 Å². The second-order valence-electron chi connectivity index (χ2n) is 2.95. The topological polar surface area (TPSA) is 63.3 Å². The van der Waals surface area contributed by atoms with Gasteiger partial charge in [-0.3, -0.25) is 4.79 Å². The molecule has 0 saturated heterocycles. The lowest BCUT2D eigenvalue weighted by Crippen LogP contribution is -2.23. The third-order valence-corrected chi connectivity index (χ3v) is 1.95. The maximum absolute atomic E-state index is 10.4. The lowest BCUT2D eigenvalue weighted by atomic mass is 10.0. The van der Waals surface area contributed by atoms with Crippen molar-refractivity contribution >= 4 is 5.97 Å². The number of carbonyl (C=O) groups is 1. The van der Waals surface area contributed by atoms with E-state index in [1.165, 1.54) is 12.8 Å². The summed E-state index contributed by atoms with van der Waals surface area (Å²) in [5.41, 5.74) is 5.27. The first-order valence-electron chi connectivity index (χ1n) is 3.67. The molecule has 0 unspecified atom stereocenters. The zero-order chi connectivity index (χ0) is 7.56. The summed E-state index contributed by atoms with van der Waals surface area (Å²) in [6.45, 7) is 0.284. The minimum absolute atomic E-state index is 0.284. The summed E-state index contributed by atoms with van der Waals surface area (Å²) >= 11 is 0. The second kappa shape index (κ2) is 3.01. The van der Waals surface area contributed by atoms with Crippen LogP contribution in [-0.4, -0.2) is 17.6 Å². The summed E-state index contributed by atoms with van der Waals surface area (Å²) in [6, 6.07) is 0. The Labute approximate surface area is 60.2 Å². The van der Waals surface area contributed by atoms with Crippen molar-refractivity contribution in [3.05, 3.63) is 0 Å². The molecule has 10 heavy (non-hydrogen) atoms. The summed E-state index contributed by atoms with van der Waals surface area (Å²) < 4.78 is 0. The minimum Gasteiger partial charge on any atom is -0.481 e. The van der Waals surface area contributed by atoms with Crippen molar-refractivity contribution in [3.8, 4) is 0 Å². The molecule has 1 atom stereocenters. The van der Waals surface area contributed by atoms with Crippen molar-refractivity contribution < 1.29 is 9.90 Å². The van der Waals surface area contributed by atoms with Crippen LogP contribution in [0.4, 0.5) is 0 Å². The molecule has 0 amide bonds. The van der Waals surface area contributed by atoms with Crippen LogP contribution in [0.5, 0.6) is 0 Å². The summed E-state index contributed by atoms with van der Waals surface area (Å²) in [4.78, 5) is 10.4. The predicted molar refractivity (Wildman–Crippen MR) is 37.5 cm³/mol. The third kappa shape index (κ3) is 1.99.